The zero-order chi connectivity index (χ0) is 19.1. The lowest BCUT2D eigenvalue weighted by Crippen LogP contribution is -2.36. The average Bonchev–Trinajstić information content (AvgIpc) is 3.25. The van der Waals surface area contributed by atoms with Gasteiger partial charge in [-0.1, -0.05) is 18.2 Å². The van der Waals surface area contributed by atoms with Crippen LogP contribution in [0, 0.1) is 0 Å². The number of aliphatic imine (C=N–C) groups is 1. The Hall–Kier alpha value is -2.45. The molecule has 0 aliphatic carbocycles. The fourth-order valence-corrected chi connectivity index (χ4v) is 4.46. The third-order valence-electron chi connectivity index (χ3n) is 4.47. The molecule has 0 spiro atoms. The first-order chi connectivity index (χ1) is 13.1. The molecule has 7 nitrogen and oxygen atoms in total. The zero-order valence-electron chi connectivity index (χ0n) is 15.4. The van der Waals surface area contributed by atoms with Gasteiger partial charge in [-0.15, -0.1) is 0 Å². The Bertz CT molecular complexity index is 861. The van der Waals surface area contributed by atoms with Gasteiger partial charge in [0.1, 0.15) is 0 Å². The van der Waals surface area contributed by atoms with Crippen molar-refractivity contribution in [1.82, 2.24) is 19.9 Å². The normalized spacial score (nSPS) is 15.7. The van der Waals surface area contributed by atoms with E-state index in [0.29, 0.717) is 37.0 Å². The second-order valence-electron chi connectivity index (χ2n) is 6.36. The Kier molecular flexibility index (Phi) is 6.41. The van der Waals surface area contributed by atoms with E-state index in [1.54, 1.807) is 29.7 Å². The number of hydrogen-bond donors (Lipinski definition) is 2. The van der Waals surface area contributed by atoms with Crippen LogP contribution in [0.3, 0.4) is 0 Å². The van der Waals surface area contributed by atoms with E-state index in [-0.39, 0.29) is 0 Å². The fourth-order valence-electron chi connectivity index (χ4n) is 2.94. The molecule has 0 radical (unpaired) electrons. The molecule has 1 aromatic heterocycles. The van der Waals surface area contributed by atoms with Crippen LogP contribution >= 0.6 is 0 Å². The van der Waals surface area contributed by atoms with E-state index in [1.165, 1.54) is 0 Å². The summed E-state index contributed by atoms with van der Waals surface area (Å²) in [5, 5.41) is 6.42. The van der Waals surface area contributed by atoms with Gasteiger partial charge >= 0.3 is 0 Å². The van der Waals surface area contributed by atoms with Gasteiger partial charge in [0.15, 0.2) is 5.96 Å². The highest BCUT2D eigenvalue weighted by molar-refractivity contribution is 7.89. The number of benzene rings is 1. The SMILES string of the molecule is CN=C(NCc1ccc(S(=O)(=O)N2CCCC2)cc1)NCc1ccccn1. The number of nitrogens with one attached hydrogen (secondary N) is 2. The molecule has 0 amide bonds. The predicted molar refractivity (Wildman–Crippen MR) is 106 cm³/mol. The third kappa shape index (κ3) is 5.05. The highest BCUT2D eigenvalue weighted by atomic mass is 32.2. The maximum atomic E-state index is 12.6. The van der Waals surface area contributed by atoms with Crippen LogP contribution in [-0.2, 0) is 23.1 Å². The number of hydrogen-bond acceptors (Lipinski definition) is 4. The van der Waals surface area contributed by atoms with Gasteiger partial charge in [0, 0.05) is 32.9 Å². The molecular weight excluding hydrogens is 362 g/mol. The van der Waals surface area contributed by atoms with Crippen LogP contribution in [0.1, 0.15) is 24.1 Å². The van der Waals surface area contributed by atoms with E-state index < -0.39 is 10.0 Å². The first kappa shape index (κ1) is 19.3. The first-order valence-electron chi connectivity index (χ1n) is 9.03. The van der Waals surface area contributed by atoms with Gasteiger partial charge in [-0.05, 0) is 42.7 Å². The Morgan fingerprint density at radius 3 is 2.41 bits per heavy atom. The molecule has 0 atom stereocenters. The maximum absolute atomic E-state index is 12.6. The molecule has 0 bridgehead atoms. The van der Waals surface area contributed by atoms with Crippen molar-refractivity contribution in [2.45, 2.75) is 30.8 Å². The second kappa shape index (κ2) is 8.96. The van der Waals surface area contributed by atoms with Crippen LogP contribution in [0.15, 0.2) is 58.5 Å². The lowest BCUT2D eigenvalue weighted by Gasteiger charge is -2.16. The molecule has 0 saturated carbocycles. The molecule has 8 heteroatoms. The molecule has 1 fully saturated rings. The molecule has 27 heavy (non-hydrogen) atoms. The van der Waals surface area contributed by atoms with Crippen molar-refractivity contribution < 1.29 is 8.42 Å². The van der Waals surface area contributed by atoms with Crippen LogP contribution in [0.25, 0.3) is 0 Å². The summed E-state index contributed by atoms with van der Waals surface area (Å²) in [5.41, 5.74) is 1.91. The predicted octanol–water partition coefficient (Wildman–Crippen LogP) is 1.73. The van der Waals surface area contributed by atoms with Crippen molar-refractivity contribution in [2.75, 3.05) is 20.1 Å². The highest BCUT2D eigenvalue weighted by Gasteiger charge is 2.26. The number of guanidine groups is 1. The summed E-state index contributed by atoms with van der Waals surface area (Å²) < 4.78 is 26.7. The summed E-state index contributed by atoms with van der Waals surface area (Å²) in [6, 6.07) is 12.8. The molecule has 1 aromatic carbocycles. The standard InChI is InChI=1S/C19H25N5O2S/c1-20-19(23-15-17-6-2-3-11-21-17)22-14-16-7-9-18(10-8-16)27(25,26)24-12-4-5-13-24/h2-3,6-11H,4-5,12-15H2,1H3,(H2,20,22,23). The van der Waals surface area contributed by atoms with Gasteiger partial charge in [0.25, 0.3) is 0 Å². The summed E-state index contributed by atoms with van der Waals surface area (Å²) in [4.78, 5) is 8.81. The Balaban J connectivity index is 1.54. The van der Waals surface area contributed by atoms with E-state index in [4.69, 9.17) is 0 Å². The van der Waals surface area contributed by atoms with Gasteiger partial charge in [0.05, 0.1) is 17.1 Å². The smallest absolute Gasteiger partial charge is 0.243 e. The third-order valence-corrected chi connectivity index (χ3v) is 6.39. The van der Waals surface area contributed by atoms with Gasteiger partial charge in [0.2, 0.25) is 10.0 Å². The van der Waals surface area contributed by atoms with E-state index in [1.807, 2.05) is 30.3 Å². The molecule has 2 heterocycles. The largest absolute Gasteiger partial charge is 0.352 e. The Labute approximate surface area is 160 Å². The van der Waals surface area contributed by atoms with E-state index >= 15 is 0 Å². The fraction of sp³-hybridized carbons (Fsp3) is 0.368. The van der Waals surface area contributed by atoms with Crippen molar-refractivity contribution in [3.63, 3.8) is 0 Å². The Morgan fingerprint density at radius 2 is 1.78 bits per heavy atom. The molecule has 2 aromatic rings. The van der Waals surface area contributed by atoms with E-state index in [2.05, 4.69) is 20.6 Å². The molecule has 1 aliphatic rings. The van der Waals surface area contributed by atoms with Gasteiger partial charge in [-0.25, -0.2) is 8.42 Å². The van der Waals surface area contributed by atoms with Gasteiger partial charge in [-0.3, -0.25) is 9.98 Å². The van der Waals surface area contributed by atoms with Crippen LogP contribution in [0.4, 0.5) is 0 Å². The number of aromatic nitrogens is 1. The van der Waals surface area contributed by atoms with E-state index in [9.17, 15) is 8.42 Å². The van der Waals surface area contributed by atoms with Crippen molar-refractivity contribution in [3.8, 4) is 0 Å². The van der Waals surface area contributed by atoms with Crippen LogP contribution in [0.5, 0.6) is 0 Å². The molecule has 1 saturated heterocycles. The number of sulfonamides is 1. The maximum Gasteiger partial charge on any atom is 0.243 e. The summed E-state index contributed by atoms with van der Waals surface area (Å²) in [5.74, 6) is 0.661. The van der Waals surface area contributed by atoms with Crippen molar-refractivity contribution in [1.29, 1.82) is 0 Å². The lowest BCUT2D eigenvalue weighted by molar-refractivity contribution is 0.477. The summed E-state index contributed by atoms with van der Waals surface area (Å²) in [7, 11) is -1.65. The second-order valence-corrected chi connectivity index (χ2v) is 8.29. The lowest BCUT2D eigenvalue weighted by atomic mass is 10.2. The molecule has 0 unspecified atom stereocenters. The van der Waals surface area contributed by atoms with Gasteiger partial charge < -0.3 is 10.6 Å². The van der Waals surface area contributed by atoms with Gasteiger partial charge in [-0.2, -0.15) is 4.31 Å². The van der Waals surface area contributed by atoms with Crippen molar-refractivity contribution >= 4 is 16.0 Å². The van der Waals surface area contributed by atoms with Crippen LogP contribution in [-0.4, -0.2) is 43.8 Å². The minimum atomic E-state index is -3.36. The first-order valence-corrected chi connectivity index (χ1v) is 10.5. The zero-order valence-corrected chi connectivity index (χ0v) is 16.2. The Morgan fingerprint density at radius 1 is 1.07 bits per heavy atom. The average molecular weight is 388 g/mol. The number of pyridine rings is 1. The quantitative estimate of drug-likeness (QED) is 0.582. The molecule has 1 aliphatic heterocycles. The minimum absolute atomic E-state index is 0.353. The van der Waals surface area contributed by atoms with E-state index in [0.717, 1.165) is 24.1 Å². The van der Waals surface area contributed by atoms with Crippen LogP contribution in [0.2, 0.25) is 0 Å². The van der Waals surface area contributed by atoms with Crippen LogP contribution < -0.4 is 10.6 Å². The molecule has 3 rings (SSSR count). The monoisotopic (exact) mass is 387 g/mol. The minimum Gasteiger partial charge on any atom is -0.352 e. The van der Waals surface area contributed by atoms with Crippen molar-refractivity contribution in [3.05, 3.63) is 59.9 Å². The summed E-state index contributed by atoms with van der Waals surface area (Å²) in [6.45, 7) is 2.35. The molecule has 144 valence electrons. The number of rotatable bonds is 6. The summed E-state index contributed by atoms with van der Waals surface area (Å²) in [6.07, 6.45) is 3.63. The molecular formula is C19H25N5O2S. The highest BCUT2D eigenvalue weighted by Crippen LogP contribution is 2.21. The number of nitrogens with zero attached hydrogens (tertiary/aromatic N) is 3. The topological polar surface area (TPSA) is 86.7 Å². The summed E-state index contributed by atoms with van der Waals surface area (Å²) >= 11 is 0. The van der Waals surface area contributed by atoms with Crippen molar-refractivity contribution in [2.24, 2.45) is 4.99 Å². The molecule has 2 N–H and O–H groups in total.